The van der Waals surface area contributed by atoms with Crippen LogP contribution in [0.3, 0.4) is 0 Å². The normalized spacial score (nSPS) is 10.2. The molecule has 0 heterocycles. The Morgan fingerprint density at radius 2 is 1.68 bits per heavy atom. The summed E-state index contributed by atoms with van der Waals surface area (Å²) in [5, 5.41) is 3.55. The highest BCUT2D eigenvalue weighted by atomic mass is 35.5. The van der Waals surface area contributed by atoms with E-state index in [1.807, 2.05) is 36.4 Å². The molecule has 0 aliphatic heterocycles. The van der Waals surface area contributed by atoms with E-state index in [0.717, 1.165) is 12.0 Å². The molecular formula is C16H16ClNO. The number of rotatable bonds is 5. The average molecular weight is 274 g/mol. The third-order valence-electron chi connectivity index (χ3n) is 2.89. The van der Waals surface area contributed by atoms with Gasteiger partial charge >= 0.3 is 0 Å². The summed E-state index contributed by atoms with van der Waals surface area (Å²) in [5.41, 5.74) is 2.09. The number of carbonyl (C=O) groups is 1. The van der Waals surface area contributed by atoms with Crippen molar-refractivity contribution >= 4 is 17.5 Å². The quantitative estimate of drug-likeness (QED) is 0.890. The molecule has 2 nitrogen and oxygen atoms in total. The maximum atomic E-state index is 11.8. The fourth-order valence-electron chi connectivity index (χ4n) is 1.87. The van der Waals surface area contributed by atoms with Gasteiger partial charge in [-0.05, 0) is 23.6 Å². The summed E-state index contributed by atoms with van der Waals surface area (Å²) in [4.78, 5) is 11.8. The van der Waals surface area contributed by atoms with Gasteiger partial charge in [-0.2, -0.15) is 0 Å². The molecule has 0 saturated heterocycles. The maximum absolute atomic E-state index is 11.8. The lowest BCUT2D eigenvalue weighted by Gasteiger charge is -2.06. The Labute approximate surface area is 118 Å². The Morgan fingerprint density at radius 1 is 1.00 bits per heavy atom. The van der Waals surface area contributed by atoms with Crippen molar-refractivity contribution in [3.8, 4) is 0 Å². The van der Waals surface area contributed by atoms with Gasteiger partial charge in [0.05, 0.1) is 6.42 Å². The summed E-state index contributed by atoms with van der Waals surface area (Å²) in [6.45, 7) is 0.646. The van der Waals surface area contributed by atoms with E-state index in [9.17, 15) is 4.79 Å². The van der Waals surface area contributed by atoms with Gasteiger partial charge in [-0.3, -0.25) is 4.79 Å². The molecule has 0 fully saturated rings. The zero-order chi connectivity index (χ0) is 13.5. The van der Waals surface area contributed by atoms with Crippen LogP contribution in [0.5, 0.6) is 0 Å². The highest BCUT2D eigenvalue weighted by molar-refractivity contribution is 6.31. The van der Waals surface area contributed by atoms with Gasteiger partial charge in [0, 0.05) is 11.6 Å². The predicted octanol–water partition coefficient (Wildman–Crippen LogP) is 3.24. The summed E-state index contributed by atoms with van der Waals surface area (Å²) < 4.78 is 0. The van der Waals surface area contributed by atoms with Gasteiger partial charge in [0.15, 0.2) is 0 Å². The zero-order valence-electron chi connectivity index (χ0n) is 10.6. The Balaban J connectivity index is 1.78. The van der Waals surface area contributed by atoms with Gasteiger partial charge in [-0.15, -0.1) is 0 Å². The van der Waals surface area contributed by atoms with E-state index in [0.29, 0.717) is 18.0 Å². The zero-order valence-corrected chi connectivity index (χ0v) is 11.4. The van der Waals surface area contributed by atoms with Crippen LogP contribution < -0.4 is 5.32 Å². The molecule has 2 aromatic carbocycles. The topological polar surface area (TPSA) is 29.1 Å². The van der Waals surface area contributed by atoms with E-state index < -0.39 is 0 Å². The minimum absolute atomic E-state index is 0.00373. The number of amides is 1. The Kier molecular flexibility index (Phi) is 4.99. The van der Waals surface area contributed by atoms with Crippen molar-refractivity contribution in [2.24, 2.45) is 0 Å². The maximum Gasteiger partial charge on any atom is 0.224 e. The smallest absolute Gasteiger partial charge is 0.224 e. The first-order chi connectivity index (χ1) is 9.25. The summed E-state index contributed by atoms with van der Waals surface area (Å²) in [5.74, 6) is 0.00373. The van der Waals surface area contributed by atoms with Crippen LogP contribution in [0.2, 0.25) is 5.02 Å². The molecule has 0 atom stereocenters. The van der Waals surface area contributed by atoms with Crippen molar-refractivity contribution in [1.82, 2.24) is 5.32 Å². The van der Waals surface area contributed by atoms with Gasteiger partial charge in [0.1, 0.15) is 0 Å². The monoisotopic (exact) mass is 273 g/mol. The Hall–Kier alpha value is -1.80. The molecule has 3 heteroatoms. The molecule has 1 amide bonds. The minimum Gasteiger partial charge on any atom is -0.355 e. The lowest BCUT2D eigenvalue weighted by Crippen LogP contribution is -2.27. The molecular weight excluding hydrogens is 258 g/mol. The summed E-state index contributed by atoms with van der Waals surface area (Å²) >= 11 is 6.02. The lowest BCUT2D eigenvalue weighted by molar-refractivity contribution is -0.120. The second-order valence-corrected chi connectivity index (χ2v) is 4.76. The first-order valence-corrected chi connectivity index (χ1v) is 6.67. The third kappa shape index (κ3) is 4.42. The number of nitrogens with one attached hydrogen (secondary N) is 1. The largest absolute Gasteiger partial charge is 0.355 e. The van der Waals surface area contributed by atoms with Crippen LogP contribution in [-0.2, 0) is 17.6 Å². The molecule has 0 aromatic heterocycles. The van der Waals surface area contributed by atoms with E-state index >= 15 is 0 Å². The first kappa shape index (κ1) is 13.6. The van der Waals surface area contributed by atoms with Crippen LogP contribution >= 0.6 is 11.6 Å². The molecule has 2 rings (SSSR count). The van der Waals surface area contributed by atoms with E-state index in [2.05, 4.69) is 17.4 Å². The van der Waals surface area contributed by atoms with E-state index in [-0.39, 0.29) is 5.91 Å². The van der Waals surface area contributed by atoms with Crippen LogP contribution in [-0.4, -0.2) is 12.5 Å². The Morgan fingerprint density at radius 3 is 2.42 bits per heavy atom. The van der Waals surface area contributed by atoms with Crippen molar-refractivity contribution in [3.63, 3.8) is 0 Å². The number of hydrogen-bond donors (Lipinski definition) is 1. The van der Waals surface area contributed by atoms with Crippen molar-refractivity contribution < 1.29 is 4.79 Å². The van der Waals surface area contributed by atoms with Gasteiger partial charge in [0.2, 0.25) is 5.91 Å². The molecule has 0 saturated carbocycles. The van der Waals surface area contributed by atoms with Gasteiger partial charge in [-0.1, -0.05) is 60.1 Å². The van der Waals surface area contributed by atoms with Gasteiger partial charge < -0.3 is 5.32 Å². The van der Waals surface area contributed by atoms with E-state index in [1.54, 1.807) is 6.07 Å². The molecule has 0 spiro atoms. The van der Waals surface area contributed by atoms with Gasteiger partial charge in [-0.25, -0.2) is 0 Å². The van der Waals surface area contributed by atoms with Crippen LogP contribution in [0, 0.1) is 0 Å². The fourth-order valence-corrected chi connectivity index (χ4v) is 2.07. The highest BCUT2D eigenvalue weighted by Gasteiger charge is 2.05. The van der Waals surface area contributed by atoms with Crippen LogP contribution in [0.1, 0.15) is 11.1 Å². The number of halogens is 1. The second-order valence-electron chi connectivity index (χ2n) is 4.35. The van der Waals surface area contributed by atoms with Crippen LogP contribution in [0.25, 0.3) is 0 Å². The van der Waals surface area contributed by atoms with Crippen molar-refractivity contribution in [1.29, 1.82) is 0 Å². The standard InChI is InChI=1S/C16H16ClNO/c17-15-9-5-4-8-14(15)12-16(19)18-11-10-13-6-2-1-3-7-13/h1-9H,10-12H2,(H,18,19). The summed E-state index contributed by atoms with van der Waals surface area (Å²) in [6.07, 6.45) is 1.17. The Bertz CT molecular complexity index is 539. The SMILES string of the molecule is O=C(Cc1ccccc1Cl)NCCc1ccccc1. The summed E-state index contributed by atoms with van der Waals surface area (Å²) in [7, 11) is 0. The molecule has 0 bridgehead atoms. The molecule has 0 radical (unpaired) electrons. The van der Waals surface area contributed by atoms with E-state index in [4.69, 9.17) is 11.6 Å². The molecule has 0 unspecified atom stereocenters. The van der Waals surface area contributed by atoms with Crippen molar-refractivity contribution in [2.45, 2.75) is 12.8 Å². The fraction of sp³-hybridized carbons (Fsp3) is 0.188. The second kappa shape index (κ2) is 6.95. The minimum atomic E-state index is 0.00373. The van der Waals surface area contributed by atoms with Crippen LogP contribution in [0.15, 0.2) is 54.6 Å². The lowest BCUT2D eigenvalue weighted by atomic mass is 10.1. The number of carbonyl (C=O) groups excluding carboxylic acids is 1. The highest BCUT2D eigenvalue weighted by Crippen LogP contribution is 2.15. The third-order valence-corrected chi connectivity index (χ3v) is 3.26. The number of benzene rings is 2. The molecule has 0 aliphatic carbocycles. The van der Waals surface area contributed by atoms with Crippen molar-refractivity contribution in [3.05, 3.63) is 70.7 Å². The number of hydrogen-bond acceptors (Lipinski definition) is 1. The van der Waals surface area contributed by atoms with E-state index in [1.165, 1.54) is 5.56 Å². The molecule has 0 aliphatic rings. The molecule has 1 N–H and O–H groups in total. The van der Waals surface area contributed by atoms with Crippen LogP contribution in [0.4, 0.5) is 0 Å². The van der Waals surface area contributed by atoms with Gasteiger partial charge in [0.25, 0.3) is 0 Å². The molecule has 19 heavy (non-hydrogen) atoms. The summed E-state index contributed by atoms with van der Waals surface area (Å²) in [6, 6.07) is 17.5. The molecule has 2 aromatic rings. The molecule has 98 valence electrons. The predicted molar refractivity (Wildman–Crippen MR) is 78.3 cm³/mol. The first-order valence-electron chi connectivity index (χ1n) is 6.30. The van der Waals surface area contributed by atoms with Crippen molar-refractivity contribution in [2.75, 3.05) is 6.54 Å². The average Bonchev–Trinajstić information content (AvgIpc) is 2.43.